The quantitative estimate of drug-likeness (QED) is 0.685. The molecule has 5 nitrogen and oxygen atoms in total. The van der Waals surface area contributed by atoms with Crippen LogP contribution in [0.3, 0.4) is 0 Å². The number of hydrogen-bond donors (Lipinski definition) is 3. The van der Waals surface area contributed by atoms with Crippen LogP contribution in [0.5, 0.6) is 0 Å². The minimum Gasteiger partial charge on any atom is -0.478 e. The van der Waals surface area contributed by atoms with E-state index in [2.05, 4.69) is 0 Å². The number of hydrogen-bond acceptors (Lipinski definition) is 4. The average Bonchev–Trinajstić information content (AvgIpc) is 2.32. The molecule has 5 N–H and O–H groups in total. The number of nitrogens with two attached hydrogens (primary N) is 2. The molecule has 0 radical (unpaired) electrons. The molecule has 2 rings (SSSR count). The van der Waals surface area contributed by atoms with Crippen molar-refractivity contribution in [2.45, 2.75) is 18.9 Å². The lowest BCUT2D eigenvalue weighted by Gasteiger charge is -2.33. The lowest BCUT2D eigenvalue weighted by Crippen LogP contribution is -2.43. The third-order valence-electron chi connectivity index (χ3n) is 3.18. The summed E-state index contributed by atoms with van der Waals surface area (Å²) in [4.78, 5) is 13.1. The second kappa shape index (κ2) is 4.81. The summed E-state index contributed by atoms with van der Waals surface area (Å²) in [5, 5.41) is 9.16. The summed E-state index contributed by atoms with van der Waals surface area (Å²) in [6.45, 7) is 1.27. The van der Waals surface area contributed by atoms with Crippen molar-refractivity contribution in [3.63, 3.8) is 0 Å². The van der Waals surface area contributed by atoms with Gasteiger partial charge in [-0.15, -0.1) is 0 Å². The molecule has 1 aromatic carbocycles. The molecule has 1 unspecified atom stereocenters. The fraction of sp³-hybridized carbons (Fsp3) is 0.417. The molecule has 6 heteroatoms. The van der Waals surface area contributed by atoms with Crippen molar-refractivity contribution in [3.8, 4) is 0 Å². The first-order valence-corrected chi connectivity index (χ1v) is 5.82. The van der Waals surface area contributed by atoms with E-state index < -0.39 is 11.8 Å². The third kappa shape index (κ3) is 2.24. The Kier molecular flexibility index (Phi) is 3.38. The van der Waals surface area contributed by atoms with E-state index in [-0.39, 0.29) is 17.3 Å². The molecule has 0 aliphatic carbocycles. The number of carboxylic acids is 1. The maximum atomic E-state index is 13.3. The van der Waals surface area contributed by atoms with Crippen LogP contribution >= 0.6 is 0 Å². The number of aromatic carboxylic acids is 1. The molecule has 98 valence electrons. The Morgan fingerprint density at radius 3 is 2.83 bits per heavy atom. The largest absolute Gasteiger partial charge is 0.478 e. The summed E-state index contributed by atoms with van der Waals surface area (Å²) < 4.78 is 13.3. The van der Waals surface area contributed by atoms with Gasteiger partial charge in [0.1, 0.15) is 11.4 Å². The number of carboxylic acid groups (broad SMARTS) is 1. The SMILES string of the molecule is Nc1c(F)ccc(N2CCCC(N)C2)c1C(=O)O. The third-order valence-corrected chi connectivity index (χ3v) is 3.18. The first kappa shape index (κ1) is 12.6. The lowest BCUT2D eigenvalue weighted by molar-refractivity contribution is 0.0698. The molecular formula is C12H16FN3O2. The Morgan fingerprint density at radius 2 is 2.22 bits per heavy atom. The molecule has 0 bridgehead atoms. The van der Waals surface area contributed by atoms with Gasteiger partial charge in [-0.1, -0.05) is 0 Å². The minimum absolute atomic E-state index is 0.00618. The van der Waals surface area contributed by atoms with Crippen molar-refractivity contribution in [2.75, 3.05) is 23.7 Å². The highest BCUT2D eigenvalue weighted by Gasteiger charge is 2.24. The zero-order valence-corrected chi connectivity index (χ0v) is 9.90. The van der Waals surface area contributed by atoms with E-state index in [4.69, 9.17) is 16.6 Å². The molecular weight excluding hydrogens is 237 g/mol. The zero-order chi connectivity index (χ0) is 13.3. The van der Waals surface area contributed by atoms with Gasteiger partial charge in [-0.3, -0.25) is 0 Å². The zero-order valence-electron chi connectivity index (χ0n) is 9.90. The normalized spacial score (nSPS) is 19.9. The number of nitrogen functional groups attached to an aromatic ring is 1. The van der Waals surface area contributed by atoms with E-state index in [0.29, 0.717) is 18.8 Å². The van der Waals surface area contributed by atoms with E-state index >= 15 is 0 Å². The number of nitrogens with zero attached hydrogens (tertiary/aromatic N) is 1. The van der Waals surface area contributed by atoms with Gasteiger partial charge in [-0.25, -0.2) is 9.18 Å². The maximum Gasteiger partial charge on any atom is 0.340 e. The maximum absolute atomic E-state index is 13.3. The molecule has 0 saturated carbocycles. The van der Waals surface area contributed by atoms with Gasteiger partial charge in [0.25, 0.3) is 0 Å². The van der Waals surface area contributed by atoms with Crippen molar-refractivity contribution < 1.29 is 14.3 Å². The summed E-state index contributed by atoms with van der Waals surface area (Å²) >= 11 is 0. The van der Waals surface area contributed by atoms with Crippen LogP contribution in [0, 0.1) is 5.82 Å². The average molecular weight is 253 g/mol. The molecule has 0 amide bonds. The Hall–Kier alpha value is -1.82. The number of piperidine rings is 1. The van der Waals surface area contributed by atoms with Gasteiger partial charge >= 0.3 is 5.97 Å². The summed E-state index contributed by atoms with van der Waals surface area (Å²) in [6, 6.07) is 2.65. The lowest BCUT2D eigenvalue weighted by atomic mass is 10.0. The topological polar surface area (TPSA) is 92.6 Å². The second-order valence-corrected chi connectivity index (χ2v) is 4.51. The summed E-state index contributed by atoms with van der Waals surface area (Å²) in [7, 11) is 0. The second-order valence-electron chi connectivity index (χ2n) is 4.51. The number of anilines is 2. The predicted molar refractivity (Wildman–Crippen MR) is 67.2 cm³/mol. The van der Waals surface area contributed by atoms with Crippen molar-refractivity contribution in [1.29, 1.82) is 0 Å². The number of rotatable bonds is 2. The van der Waals surface area contributed by atoms with Crippen molar-refractivity contribution >= 4 is 17.3 Å². The first-order chi connectivity index (χ1) is 8.50. The van der Waals surface area contributed by atoms with E-state index in [1.54, 1.807) is 0 Å². The standard InChI is InChI=1S/C12H16FN3O2/c13-8-3-4-9(10(11(8)15)12(17)18)16-5-1-2-7(14)6-16/h3-4,7H,1-2,5-6,14-15H2,(H,17,18). The molecule has 0 spiro atoms. The molecule has 1 heterocycles. The highest BCUT2D eigenvalue weighted by atomic mass is 19.1. The van der Waals surface area contributed by atoms with Gasteiger partial charge in [0.15, 0.2) is 0 Å². The summed E-state index contributed by atoms with van der Waals surface area (Å²) in [6.07, 6.45) is 1.80. The fourth-order valence-electron chi connectivity index (χ4n) is 2.30. The van der Waals surface area contributed by atoms with Crippen LogP contribution < -0.4 is 16.4 Å². The predicted octanol–water partition coefficient (Wildman–Crippen LogP) is 1.03. The molecule has 1 aliphatic rings. The smallest absolute Gasteiger partial charge is 0.340 e. The van der Waals surface area contributed by atoms with E-state index in [1.807, 2.05) is 4.90 Å². The highest BCUT2D eigenvalue weighted by Crippen LogP contribution is 2.30. The van der Waals surface area contributed by atoms with Crippen molar-refractivity contribution in [3.05, 3.63) is 23.5 Å². The Bertz CT molecular complexity index is 479. The molecule has 1 aliphatic heterocycles. The molecule has 0 aromatic heterocycles. The van der Waals surface area contributed by atoms with Crippen LogP contribution in [0.15, 0.2) is 12.1 Å². The van der Waals surface area contributed by atoms with Gasteiger partial charge in [-0.2, -0.15) is 0 Å². The first-order valence-electron chi connectivity index (χ1n) is 5.82. The summed E-state index contributed by atoms with van der Waals surface area (Å²) in [5.74, 6) is -1.93. The van der Waals surface area contributed by atoms with Crippen LogP contribution in [0.2, 0.25) is 0 Å². The molecule has 1 aromatic rings. The van der Waals surface area contributed by atoms with Crippen LogP contribution in [-0.4, -0.2) is 30.2 Å². The van der Waals surface area contributed by atoms with Crippen LogP contribution in [0.25, 0.3) is 0 Å². The molecule has 1 atom stereocenters. The van der Waals surface area contributed by atoms with E-state index in [1.165, 1.54) is 12.1 Å². The Labute approximate surface area is 104 Å². The van der Waals surface area contributed by atoms with Crippen molar-refractivity contribution in [2.24, 2.45) is 5.73 Å². The summed E-state index contributed by atoms with van der Waals surface area (Å²) in [5.41, 5.74) is 11.3. The van der Waals surface area contributed by atoms with E-state index in [9.17, 15) is 9.18 Å². The van der Waals surface area contributed by atoms with Gasteiger partial charge < -0.3 is 21.5 Å². The Balaban J connectivity index is 2.43. The Morgan fingerprint density at radius 1 is 1.50 bits per heavy atom. The van der Waals surface area contributed by atoms with Crippen LogP contribution in [0.4, 0.5) is 15.8 Å². The minimum atomic E-state index is -1.22. The van der Waals surface area contributed by atoms with Gasteiger partial charge in [-0.05, 0) is 25.0 Å². The molecule has 1 fully saturated rings. The van der Waals surface area contributed by atoms with Crippen LogP contribution in [-0.2, 0) is 0 Å². The van der Waals surface area contributed by atoms with Crippen LogP contribution in [0.1, 0.15) is 23.2 Å². The number of benzene rings is 1. The molecule has 1 saturated heterocycles. The molecule has 18 heavy (non-hydrogen) atoms. The van der Waals surface area contributed by atoms with Gasteiger partial charge in [0.05, 0.1) is 11.4 Å². The monoisotopic (exact) mass is 253 g/mol. The number of carbonyl (C=O) groups is 1. The number of halogens is 1. The fourth-order valence-corrected chi connectivity index (χ4v) is 2.30. The van der Waals surface area contributed by atoms with Gasteiger partial charge in [0.2, 0.25) is 0 Å². The van der Waals surface area contributed by atoms with E-state index in [0.717, 1.165) is 12.8 Å². The van der Waals surface area contributed by atoms with Gasteiger partial charge in [0, 0.05) is 19.1 Å². The highest BCUT2D eigenvalue weighted by molar-refractivity contribution is 6.00. The van der Waals surface area contributed by atoms with Crippen molar-refractivity contribution in [1.82, 2.24) is 0 Å².